The van der Waals surface area contributed by atoms with Crippen LogP contribution in [0.25, 0.3) is 0 Å². The highest BCUT2D eigenvalue weighted by atomic mass is 32.2. The highest BCUT2D eigenvalue weighted by molar-refractivity contribution is 7.99. The highest BCUT2D eigenvalue weighted by Gasteiger charge is 2.15. The molecular formula is C12H21N3S. The topological polar surface area (TPSA) is 29.9 Å². The average Bonchev–Trinajstić information content (AvgIpc) is 2.84. The molecule has 1 aromatic rings. The Balaban J connectivity index is 1.85. The molecule has 1 aliphatic heterocycles. The summed E-state index contributed by atoms with van der Waals surface area (Å²) in [5, 5.41) is 3.59. The van der Waals surface area contributed by atoms with Crippen LogP contribution in [-0.4, -0.2) is 27.1 Å². The van der Waals surface area contributed by atoms with Gasteiger partial charge in [-0.3, -0.25) is 0 Å². The second-order valence-corrected chi connectivity index (χ2v) is 5.98. The van der Waals surface area contributed by atoms with E-state index in [1.807, 2.05) is 18.0 Å². The average molecular weight is 239 g/mol. The molecule has 16 heavy (non-hydrogen) atoms. The number of hydrogen-bond acceptors (Lipinski definition) is 3. The molecule has 0 saturated carbocycles. The summed E-state index contributed by atoms with van der Waals surface area (Å²) < 4.78 is 2.26. The Morgan fingerprint density at radius 2 is 2.50 bits per heavy atom. The van der Waals surface area contributed by atoms with Crippen LogP contribution in [-0.2, 0) is 13.1 Å². The molecule has 3 nitrogen and oxygen atoms in total. The van der Waals surface area contributed by atoms with E-state index in [2.05, 4.69) is 34.9 Å². The second-order valence-electron chi connectivity index (χ2n) is 4.83. The van der Waals surface area contributed by atoms with Crippen LogP contribution in [0.1, 0.15) is 26.1 Å². The van der Waals surface area contributed by atoms with Gasteiger partial charge in [-0.15, -0.1) is 0 Å². The van der Waals surface area contributed by atoms with Gasteiger partial charge in [-0.1, -0.05) is 13.8 Å². The zero-order valence-corrected chi connectivity index (χ0v) is 11.0. The molecule has 1 N–H and O–H groups in total. The van der Waals surface area contributed by atoms with E-state index < -0.39 is 0 Å². The third-order valence-electron chi connectivity index (χ3n) is 2.84. The predicted octanol–water partition coefficient (Wildman–Crippen LogP) is 2.13. The lowest BCUT2D eigenvalue weighted by molar-refractivity contribution is 0.480. The largest absolute Gasteiger partial charge is 0.334 e. The first-order valence-corrected chi connectivity index (χ1v) is 7.22. The summed E-state index contributed by atoms with van der Waals surface area (Å²) in [7, 11) is 0. The van der Waals surface area contributed by atoms with Crippen LogP contribution in [0.2, 0.25) is 0 Å². The Kier molecular flexibility index (Phi) is 4.29. The summed E-state index contributed by atoms with van der Waals surface area (Å²) in [6.07, 6.45) is 5.29. The zero-order chi connectivity index (χ0) is 11.4. The van der Waals surface area contributed by atoms with Crippen molar-refractivity contribution in [2.45, 2.75) is 39.4 Å². The fourth-order valence-electron chi connectivity index (χ4n) is 2.00. The Morgan fingerprint density at radius 1 is 1.62 bits per heavy atom. The number of aromatic nitrogens is 2. The minimum Gasteiger partial charge on any atom is -0.334 e. The van der Waals surface area contributed by atoms with E-state index in [1.165, 1.54) is 23.8 Å². The molecule has 0 aromatic carbocycles. The predicted molar refractivity (Wildman–Crippen MR) is 69.6 cm³/mol. The fraction of sp³-hybridized carbons (Fsp3) is 0.750. The van der Waals surface area contributed by atoms with Crippen LogP contribution in [0.3, 0.4) is 0 Å². The summed E-state index contributed by atoms with van der Waals surface area (Å²) in [6, 6.07) is 0.689. The van der Waals surface area contributed by atoms with Crippen molar-refractivity contribution < 1.29 is 0 Å². The van der Waals surface area contributed by atoms with Gasteiger partial charge in [0.2, 0.25) is 0 Å². The van der Waals surface area contributed by atoms with Crippen LogP contribution < -0.4 is 5.32 Å². The molecule has 1 fully saturated rings. The summed E-state index contributed by atoms with van der Waals surface area (Å²) in [6.45, 7) is 6.46. The molecule has 1 aliphatic rings. The molecule has 2 rings (SSSR count). The lowest BCUT2D eigenvalue weighted by Crippen LogP contribution is -2.29. The van der Waals surface area contributed by atoms with Crippen molar-refractivity contribution >= 4 is 11.8 Å². The van der Waals surface area contributed by atoms with Crippen molar-refractivity contribution in [1.29, 1.82) is 0 Å². The first kappa shape index (κ1) is 12.0. The van der Waals surface area contributed by atoms with Gasteiger partial charge in [-0.2, -0.15) is 11.8 Å². The first-order valence-electron chi connectivity index (χ1n) is 6.07. The van der Waals surface area contributed by atoms with E-state index in [4.69, 9.17) is 0 Å². The molecule has 0 amide bonds. The van der Waals surface area contributed by atoms with Gasteiger partial charge in [-0.25, -0.2) is 4.98 Å². The molecule has 0 spiro atoms. The molecular weight excluding hydrogens is 218 g/mol. The summed E-state index contributed by atoms with van der Waals surface area (Å²) in [5.74, 6) is 4.41. The lowest BCUT2D eigenvalue weighted by Gasteiger charge is -2.13. The Labute approximate surface area is 102 Å². The monoisotopic (exact) mass is 239 g/mol. The maximum Gasteiger partial charge on any atom is 0.122 e. The second kappa shape index (κ2) is 5.73. The van der Waals surface area contributed by atoms with E-state index in [-0.39, 0.29) is 0 Å². The molecule has 0 bridgehead atoms. The summed E-state index contributed by atoms with van der Waals surface area (Å²) in [4.78, 5) is 4.42. The van der Waals surface area contributed by atoms with Crippen LogP contribution in [0, 0.1) is 5.92 Å². The van der Waals surface area contributed by atoms with Crippen molar-refractivity contribution in [2.24, 2.45) is 5.92 Å². The van der Waals surface area contributed by atoms with Gasteiger partial charge < -0.3 is 9.88 Å². The number of imidazole rings is 1. The number of nitrogens with zero attached hydrogens (tertiary/aromatic N) is 2. The number of thioether (sulfide) groups is 1. The third kappa shape index (κ3) is 3.25. The molecule has 1 atom stereocenters. The highest BCUT2D eigenvalue weighted by Crippen LogP contribution is 2.17. The van der Waals surface area contributed by atoms with Gasteiger partial charge in [-0.05, 0) is 18.1 Å². The summed E-state index contributed by atoms with van der Waals surface area (Å²) >= 11 is 2.04. The van der Waals surface area contributed by atoms with Gasteiger partial charge in [0.05, 0.1) is 6.54 Å². The van der Waals surface area contributed by atoms with Gasteiger partial charge in [0.15, 0.2) is 0 Å². The SMILES string of the molecule is CC(C)Cn1ccnc1CNC1CCSC1. The molecule has 0 aliphatic carbocycles. The van der Waals surface area contributed by atoms with Crippen molar-refractivity contribution in [2.75, 3.05) is 11.5 Å². The normalized spacial score (nSPS) is 20.8. The van der Waals surface area contributed by atoms with E-state index in [9.17, 15) is 0 Å². The van der Waals surface area contributed by atoms with E-state index >= 15 is 0 Å². The smallest absolute Gasteiger partial charge is 0.122 e. The Morgan fingerprint density at radius 3 is 3.19 bits per heavy atom. The molecule has 2 heterocycles. The third-order valence-corrected chi connectivity index (χ3v) is 4.00. The standard InChI is InChI=1S/C12H21N3S/c1-10(2)8-15-5-4-13-12(15)7-14-11-3-6-16-9-11/h4-5,10-11,14H,3,6-9H2,1-2H3. The zero-order valence-electron chi connectivity index (χ0n) is 10.1. The number of nitrogens with one attached hydrogen (secondary N) is 1. The van der Waals surface area contributed by atoms with Crippen molar-refractivity contribution in [1.82, 2.24) is 14.9 Å². The van der Waals surface area contributed by atoms with E-state index in [0.717, 1.165) is 13.1 Å². The van der Waals surface area contributed by atoms with Crippen LogP contribution >= 0.6 is 11.8 Å². The van der Waals surface area contributed by atoms with Crippen LogP contribution in [0.5, 0.6) is 0 Å². The number of rotatable bonds is 5. The number of hydrogen-bond donors (Lipinski definition) is 1. The minimum atomic E-state index is 0.676. The van der Waals surface area contributed by atoms with Gasteiger partial charge in [0, 0.05) is 30.7 Å². The first-order chi connectivity index (χ1) is 7.75. The molecule has 1 aromatic heterocycles. The van der Waals surface area contributed by atoms with Gasteiger partial charge in [0.1, 0.15) is 5.82 Å². The van der Waals surface area contributed by atoms with Crippen molar-refractivity contribution in [3.8, 4) is 0 Å². The Bertz CT molecular complexity index is 316. The minimum absolute atomic E-state index is 0.676. The molecule has 1 saturated heterocycles. The molecule has 90 valence electrons. The maximum absolute atomic E-state index is 4.42. The molecule has 4 heteroatoms. The van der Waals surface area contributed by atoms with Crippen molar-refractivity contribution in [3.63, 3.8) is 0 Å². The fourth-order valence-corrected chi connectivity index (χ4v) is 3.18. The lowest BCUT2D eigenvalue weighted by atomic mass is 10.2. The van der Waals surface area contributed by atoms with Crippen LogP contribution in [0.15, 0.2) is 12.4 Å². The van der Waals surface area contributed by atoms with E-state index in [1.54, 1.807) is 0 Å². The quantitative estimate of drug-likeness (QED) is 0.854. The molecule has 1 unspecified atom stereocenters. The van der Waals surface area contributed by atoms with Gasteiger partial charge in [0.25, 0.3) is 0 Å². The van der Waals surface area contributed by atoms with Crippen molar-refractivity contribution in [3.05, 3.63) is 18.2 Å². The summed E-state index contributed by atoms with van der Waals surface area (Å²) in [5.41, 5.74) is 0. The van der Waals surface area contributed by atoms with Crippen LogP contribution in [0.4, 0.5) is 0 Å². The van der Waals surface area contributed by atoms with Gasteiger partial charge >= 0.3 is 0 Å². The van der Waals surface area contributed by atoms with E-state index in [0.29, 0.717) is 12.0 Å². The Hall–Kier alpha value is -0.480. The molecule has 0 radical (unpaired) electrons. The maximum atomic E-state index is 4.42.